The van der Waals surface area contributed by atoms with Crippen molar-refractivity contribution < 1.29 is 8.42 Å². The molecule has 1 N–H and O–H groups in total. The summed E-state index contributed by atoms with van der Waals surface area (Å²) in [6.45, 7) is 1.93. The third-order valence-corrected chi connectivity index (χ3v) is 4.62. The van der Waals surface area contributed by atoms with Crippen LogP contribution in [0.2, 0.25) is 0 Å². The Kier molecular flexibility index (Phi) is 5.14. The summed E-state index contributed by atoms with van der Waals surface area (Å²) in [6, 6.07) is 15.8. The zero-order valence-corrected chi connectivity index (χ0v) is 13.9. The molecule has 0 aromatic heterocycles. The number of hydrogen-bond donors (Lipinski definition) is 1. The van der Waals surface area contributed by atoms with Gasteiger partial charge in [0.25, 0.3) is 10.0 Å². The highest BCUT2D eigenvalue weighted by atomic mass is 79.9. The summed E-state index contributed by atoms with van der Waals surface area (Å²) in [6.07, 6.45) is 0.624. The lowest BCUT2D eigenvalue weighted by atomic mass is 10.1. The first-order chi connectivity index (χ1) is 10.0. The van der Waals surface area contributed by atoms with Crippen molar-refractivity contribution in [3.8, 4) is 0 Å². The predicted octanol–water partition coefficient (Wildman–Crippen LogP) is 3.54. The second-order valence-electron chi connectivity index (χ2n) is 4.33. The van der Waals surface area contributed by atoms with Gasteiger partial charge < -0.3 is 0 Å². The molecule has 0 atom stereocenters. The number of hydrazone groups is 1. The Hall–Kier alpha value is -1.66. The topological polar surface area (TPSA) is 58.5 Å². The van der Waals surface area contributed by atoms with E-state index in [0.717, 1.165) is 10.0 Å². The zero-order chi connectivity index (χ0) is 15.3. The van der Waals surface area contributed by atoms with Crippen LogP contribution in [0, 0.1) is 0 Å². The molecule has 0 aliphatic rings. The van der Waals surface area contributed by atoms with E-state index in [0.29, 0.717) is 12.1 Å². The SMILES string of the molecule is CC/C(=N\NS(=O)(=O)c1ccccc1)c1ccc(Br)cc1. The Morgan fingerprint density at radius 3 is 2.29 bits per heavy atom. The summed E-state index contributed by atoms with van der Waals surface area (Å²) in [7, 11) is -3.63. The van der Waals surface area contributed by atoms with Crippen LogP contribution in [0.4, 0.5) is 0 Å². The molecule has 0 spiro atoms. The fraction of sp³-hybridized carbons (Fsp3) is 0.133. The molecule has 2 aromatic carbocycles. The van der Waals surface area contributed by atoms with E-state index in [1.165, 1.54) is 12.1 Å². The highest BCUT2D eigenvalue weighted by Crippen LogP contribution is 2.13. The third kappa shape index (κ3) is 4.15. The van der Waals surface area contributed by atoms with Gasteiger partial charge in [-0.1, -0.05) is 53.2 Å². The molecular formula is C15H15BrN2O2S. The number of nitrogens with zero attached hydrogens (tertiary/aromatic N) is 1. The number of hydrogen-bond acceptors (Lipinski definition) is 3. The third-order valence-electron chi connectivity index (χ3n) is 2.87. The smallest absolute Gasteiger partial charge is 0.200 e. The quantitative estimate of drug-likeness (QED) is 0.649. The molecule has 0 amide bonds. The van der Waals surface area contributed by atoms with Crippen molar-refractivity contribution >= 4 is 31.7 Å². The van der Waals surface area contributed by atoms with E-state index in [4.69, 9.17) is 0 Å². The molecule has 0 unspecified atom stereocenters. The maximum atomic E-state index is 12.1. The monoisotopic (exact) mass is 366 g/mol. The normalized spacial score (nSPS) is 12.2. The van der Waals surface area contributed by atoms with Gasteiger partial charge in [-0.3, -0.25) is 0 Å². The van der Waals surface area contributed by atoms with Crippen molar-refractivity contribution in [2.24, 2.45) is 5.10 Å². The molecule has 0 aliphatic carbocycles. The van der Waals surface area contributed by atoms with Gasteiger partial charge in [-0.2, -0.15) is 18.4 Å². The van der Waals surface area contributed by atoms with Crippen LogP contribution in [0.1, 0.15) is 18.9 Å². The minimum atomic E-state index is -3.63. The number of rotatable bonds is 5. The largest absolute Gasteiger partial charge is 0.276 e. The second kappa shape index (κ2) is 6.87. The predicted molar refractivity (Wildman–Crippen MR) is 87.7 cm³/mol. The first-order valence-corrected chi connectivity index (χ1v) is 8.70. The molecular weight excluding hydrogens is 352 g/mol. The lowest BCUT2D eigenvalue weighted by molar-refractivity contribution is 0.584. The number of halogens is 1. The van der Waals surface area contributed by atoms with Crippen LogP contribution in [0.15, 0.2) is 69.1 Å². The summed E-state index contributed by atoms with van der Waals surface area (Å²) >= 11 is 3.37. The van der Waals surface area contributed by atoms with Gasteiger partial charge in [-0.15, -0.1) is 0 Å². The Bertz CT molecular complexity index is 726. The Morgan fingerprint density at radius 1 is 1.10 bits per heavy atom. The van der Waals surface area contributed by atoms with E-state index in [1.807, 2.05) is 31.2 Å². The van der Waals surface area contributed by atoms with Crippen LogP contribution >= 0.6 is 15.9 Å². The molecule has 0 saturated carbocycles. The van der Waals surface area contributed by atoms with E-state index in [9.17, 15) is 8.42 Å². The highest BCUT2D eigenvalue weighted by Gasteiger charge is 2.12. The second-order valence-corrected chi connectivity index (χ2v) is 6.90. The first-order valence-electron chi connectivity index (χ1n) is 6.42. The molecule has 4 nitrogen and oxygen atoms in total. The van der Waals surface area contributed by atoms with Crippen molar-refractivity contribution in [3.63, 3.8) is 0 Å². The standard InChI is InChI=1S/C15H15BrN2O2S/c1-2-15(12-8-10-13(16)11-9-12)17-18-21(19,20)14-6-4-3-5-7-14/h3-11,18H,2H2,1H3/b17-15+. The van der Waals surface area contributed by atoms with Crippen molar-refractivity contribution in [1.29, 1.82) is 0 Å². The van der Waals surface area contributed by atoms with Crippen molar-refractivity contribution in [1.82, 2.24) is 4.83 Å². The maximum absolute atomic E-state index is 12.1. The average molecular weight is 367 g/mol. The van der Waals surface area contributed by atoms with Gasteiger partial charge in [0.05, 0.1) is 10.6 Å². The van der Waals surface area contributed by atoms with Crippen LogP contribution in [-0.4, -0.2) is 14.1 Å². The number of sulfonamides is 1. The van der Waals surface area contributed by atoms with Crippen molar-refractivity contribution in [2.75, 3.05) is 0 Å². The molecule has 0 bridgehead atoms. The van der Waals surface area contributed by atoms with E-state index in [1.54, 1.807) is 18.2 Å². The van der Waals surface area contributed by atoms with Gasteiger partial charge >= 0.3 is 0 Å². The molecule has 110 valence electrons. The molecule has 2 rings (SSSR count). The molecule has 2 aromatic rings. The number of benzene rings is 2. The summed E-state index contributed by atoms with van der Waals surface area (Å²) in [5.74, 6) is 0. The lowest BCUT2D eigenvalue weighted by Crippen LogP contribution is -2.20. The fourth-order valence-corrected chi connectivity index (χ4v) is 2.87. The summed E-state index contributed by atoms with van der Waals surface area (Å²) in [5, 5.41) is 4.05. The van der Waals surface area contributed by atoms with Crippen molar-refractivity contribution in [3.05, 3.63) is 64.6 Å². The van der Waals surface area contributed by atoms with Gasteiger partial charge in [0.15, 0.2) is 0 Å². The Morgan fingerprint density at radius 2 is 1.71 bits per heavy atom. The molecule has 0 heterocycles. The van der Waals surface area contributed by atoms with Crippen LogP contribution in [0.3, 0.4) is 0 Å². The average Bonchev–Trinajstić information content (AvgIpc) is 2.50. The minimum absolute atomic E-state index is 0.194. The van der Waals surface area contributed by atoms with E-state index in [-0.39, 0.29) is 4.90 Å². The Balaban J connectivity index is 2.24. The van der Waals surface area contributed by atoms with Gasteiger partial charge in [0.1, 0.15) is 0 Å². The molecule has 21 heavy (non-hydrogen) atoms. The van der Waals surface area contributed by atoms with Gasteiger partial charge in [0.2, 0.25) is 0 Å². The molecule has 0 fully saturated rings. The molecule has 0 aliphatic heterocycles. The van der Waals surface area contributed by atoms with E-state index in [2.05, 4.69) is 25.9 Å². The van der Waals surface area contributed by atoms with Crippen LogP contribution in [-0.2, 0) is 10.0 Å². The summed E-state index contributed by atoms with van der Waals surface area (Å²) in [4.78, 5) is 2.48. The van der Waals surface area contributed by atoms with E-state index >= 15 is 0 Å². The van der Waals surface area contributed by atoms with Gasteiger partial charge in [-0.25, -0.2) is 0 Å². The van der Waals surface area contributed by atoms with Crippen LogP contribution in [0.5, 0.6) is 0 Å². The highest BCUT2D eigenvalue weighted by molar-refractivity contribution is 9.10. The van der Waals surface area contributed by atoms with E-state index < -0.39 is 10.0 Å². The fourth-order valence-electron chi connectivity index (χ4n) is 1.76. The van der Waals surface area contributed by atoms with Gasteiger partial charge in [0, 0.05) is 4.47 Å². The minimum Gasteiger partial charge on any atom is -0.200 e. The summed E-state index contributed by atoms with van der Waals surface area (Å²) < 4.78 is 25.2. The zero-order valence-electron chi connectivity index (χ0n) is 11.5. The van der Waals surface area contributed by atoms with Crippen LogP contribution < -0.4 is 4.83 Å². The maximum Gasteiger partial charge on any atom is 0.276 e. The van der Waals surface area contributed by atoms with Gasteiger partial charge in [-0.05, 0) is 36.2 Å². The van der Waals surface area contributed by atoms with Crippen molar-refractivity contribution in [2.45, 2.75) is 18.2 Å². The number of nitrogens with one attached hydrogen (secondary N) is 1. The molecule has 0 saturated heterocycles. The molecule has 6 heteroatoms. The Labute approximate surface area is 133 Å². The van der Waals surface area contributed by atoms with Crippen LogP contribution in [0.25, 0.3) is 0 Å². The lowest BCUT2D eigenvalue weighted by Gasteiger charge is -2.07. The summed E-state index contributed by atoms with van der Waals surface area (Å²) in [5.41, 5.74) is 1.57. The first kappa shape index (κ1) is 15.7. The molecule has 0 radical (unpaired) electrons.